The molecule has 0 saturated carbocycles. The van der Waals surface area contributed by atoms with Gasteiger partial charge in [-0.3, -0.25) is 14.6 Å². The Morgan fingerprint density at radius 1 is 1.25 bits per heavy atom. The Kier molecular flexibility index (Phi) is 7.86. The second-order valence-electron chi connectivity index (χ2n) is 6.84. The number of nitrogens with zero attached hydrogens (tertiary/aromatic N) is 1. The molecular formula is C20H28BrN3O3S. The highest BCUT2D eigenvalue weighted by Crippen LogP contribution is 2.69. The first-order chi connectivity index (χ1) is 13.0. The summed E-state index contributed by atoms with van der Waals surface area (Å²) in [6.45, 7) is 3.71. The smallest absolute Gasteiger partial charge is 0.306 e. The van der Waals surface area contributed by atoms with E-state index in [1.165, 1.54) is 7.11 Å². The van der Waals surface area contributed by atoms with E-state index in [4.69, 9.17) is 15.5 Å². The lowest BCUT2D eigenvalue weighted by Crippen LogP contribution is -2.35. The number of rotatable bonds is 6. The molecule has 0 aliphatic carbocycles. The number of hydrogen-bond acceptors (Lipinski definition) is 5. The van der Waals surface area contributed by atoms with Crippen molar-refractivity contribution in [2.45, 2.75) is 31.1 Å². The van der Waals surface area contributed by atoms with E-state index in [0.29, 0.717) is 16.4 Å². The summed E-state index contributed by atoms with van der Waals surface area (Å²) in [5, 5.41) is 4.43. The number of allylic oxidation sites excluding steroid dienone is 1. The van der Waals surface area contributed by atoms with Crippen LogP contribution in [0.3, 0.4) is 0 Å². The summed E-state index contributed by atoms with van der Waals surface area (Å²) < 4.78 is 4.89. The van der Waals surface area contributed by atoms with E-state index in [2.05, 4.69) is 5.32 Å². The van der Waals surface area contributed by atoms with Crippen LogP contribution in [0.5, 0.6) is 0 Å². The topological polar surface area (TPSA) is 93.8 Å². The van der Waals surface area contributed by atoms with E-state index in [-0.39, 0.29) is 35.3 Å². The van der Waals surface area contributed by atoms with Crippen molar-refractivity contribution >= 4 is 43.9 Å². The number of nitrogens with two attached hydrogens (primary N) is 1. The van der Waals surface area contributed by atoms with Gasteiger partial charge in [-0.25, -0.2) is 0 Å². The molecule has 0 spiro atoms. The van der Waals surface area contributed by atoms with Crippen molar-refractivity contribution in [1.82, 2.24) is 5.32 Å². The molecule has 1 aromatic carbocycles. The maximum absolute atomic E-state index is 12.5. The van der Waals surface area contributed by atoms with Gasteiger partial charge < -0.3 is 15.8 Å². The highest BCUT2D eigenvalue weighted by atomic mass is 79.9. The first-order valence-corrected chi connectivity index (χ1v) is 11.0. The van der Waals surface area contributed by atoms with Crippen LogP contribution in [0.15, 0.2) is 50.8 Å². The number of hydrogen-bond donors (Lipinski definition) is 2. The largest absolute Gasteiger partial charge is 0.469 e. The molecule has 3 rings (SSSR count). The Hall–Kier alpha value is -1.64. The summed E-state index contributed by atoms with van der Waals surface area (Å²) in [6.07, 6.45) is 2.17. The molecule has 1 aromatic rings. The zero-order valence-corrected chi connectivity index (χ0v) is 18.8. The third kappa shape index (κ3) is 4.18. The average Bonchev–Trinajstić information content (AvgIpc) is 3.00. The summed E-state index contributed by atoms with van der Waals surface area (Å²) in [6, 6.07) is 9.95. The molecule has 2 aliphatic heterocycles. The quantitative estimate of drug-likeness (QED) is 0.625. The second kappa shape index (κ2) is 9.71. The van der Waals surface area contributed by atoms with Crippen molar-refractivity contribution in [1.29, 1.82) is 0 Å². The lowest BCUT2D eigenvalue weighted by Gasteiger charge is -2.42. The van der Waals surface area contributed by atoms with Gasteiger partial charge >= 0.3 is 5.97 Å². The number of carbonyl (C=O) groups excluding carboxylic acids is 2. The van der Waals surface area contributed by atoms with Gasteiger partial charge in [0, 0.05) is 11.7 Å². The Morgan fingerprint density at radius 3 is 2.46 bits per heavy atom. The van der Waals surface area contributed by atoms with Crippen molar-refractivity contribution < 1.29 is 14.3 Å². The molecule has 0 aromatic heterocycles. The van der Waals surface area contributed by atoms with E-state index in [0.717, 1.165) is 35.9 Å². The summed E-state index contributed by atoms with van der Waals surface area (Å²) >= 11 is 0. The fourth-order valence-corrected chi connectivity index (χ4v) is 8.42. The third-order valence-corrected chi connectivity index (χ3v) is 9.44. The number of carbonyl (C=O) groups is 2. The average molecular weight is 470 g/mol. The molecule has 0 bridgehead atoms. The minimum absolute atomic E-state index is 0. The van der Waals surface area contributed by atoms with E-state index >= 15 is 0 Å². The number of piperidine rings is 1. The number of esters is 1. The maximum atomic E-state index is 12.5. The number of amides is 1. The van der Waals surface area contributed by atoms with E-state index in [9.17, 15) is 9.59 Å². The standard InChI is InChI=1S/C20H27N3O3S.BrH/c1-14-18(19(21)25)27(13-10-17(24)26-2,16-6-4-3-5-7-16)20(23-14)15-8-11-22-12-9-15;/h3-7,15,22H,8-13H2,1-2H3,(H2,21,25);1H. The second-order valence-corrected chi connectivity index (χ2v) is 10.0. The fraction of sp³-hybridized carbons (Fsp3) is 0.450. The van der Waals surface area contributed by atoms with Gasteiger partial charge in [-0.2, -0.15) is 0 Å². The Balaban J connectivity index is 0.00000280. The number of aliphatic imine (C=N–C) groups is 1. The molecule has 2 aliphatic rings. The van der Waals surface area contributed by atoms with Gasteiger partial charge in [-0.05, 0) is 49.9 Å². The molecule has 1 unspecified atom stereocenters. The normalized spacial score (nSPS) is 24.7. The predicted octanol–water partition coefficient (Wildman–Crippen LogP) is 3.12. The van der Waals surface area contributed by atoms with Gasteiger partial charge in [-0.1, -0.05) is 18.2 Å². The Bertz CT molecular complexity index is 791. The molecule has 28 heavy (non-hydrogen) atoms. The summed E-state index contributed by atoms with van der Waals surface area (Å²) in [5.41, 5.74) is 6.55. The molecule has 3 N–H and O–H groups in total. The molecule has 154 valence electrons. The number of methoxy groups -OCH3 is 1. The number of halogens is 1. The molecule has 1 saturated heterocycles. The molecule has 2 heterocycles. The highest BCUT2D eigenvalue weighted by Gasteiger charge is 2.46. The van der Waals surface area contributed by atoms with E-state index < -0.39 is 15.9 Å². The van der Waals surface area contributed by atoms with Crippen LogP contribution in [0.2, 0.25) is 0 Å². The van der Waals surface area contributed by atoms with Crippen molar-refractivity contribution in [3.05, 3.63) is 40.9 Å². The monoisotopic (exact) mass is 469 g/mol. The van der Waals surface area contributed by atoms with Gasteiger partial charge in [0.15, 0.2) is 0 Å². The van der Waals surface area contributed by atoms with Crippen molar-refractivity contribution in [2.75, 3.05) is 26.0 Å². The zero-order chi connectivity index (χ0) is 19.4. The van der Waals surface area contributed by atoms with E-state index in [1.54, 1.807) is 0 Å². The SMILES string of the molecule is Br.COC(=O)CCS1(c2ccccc2)C(C2CCNCC2)=NC(C)=C1C(N)=O. The Morgan fingerprint density at radius 2 is 1.89 bits per heavy atom. The van der Waals surface area contributed by atoms with Crippen LogP contribution in [0.4, 0.5) is 0 Å². The lowest BCUT2D eigenvalue weighted by molar-refractivity contribution is -0.140. The van der Waals surface area contributed by atoms with Crippen LogP contribution >= 0.6 is 27.0 Å². The van der Waals surface area contributed by atoms with Crippen LogP contribution in [0.1, 0.15) is 26.2 Å². The maximum Gasteiger partial charge on any atom is 0.306 e. The Labute approximate surface area is 178 Å². The number of benzene rings is 1. The summed E-state index contributed by atoms with van der Waals surface area (Å²) in [5.74, 6) is 0.0628. The predicted molar refractivity (Wildman–Crippen MR) is 119 cm³/mol. The lowest BCUT2D eigenvalue weighted by atomic mass is 9.99. The number of primary amides is 1. The van der Waals surface area contributed by atoms with Crippen molar-refractivity contribution in [2.24, 2.45) is 16.6 Å². The molecule has 1 amide bonds. The molecule has 8 heteroatoms. The zero-order valence-electron chi connectivity index (χ0n) is 16.3. The minimum Gasteiger partial charge on any atom is -0.469 e. The first-order valence-electron chi connectivity index (χ1n) is 9.23. The van der Waals surface area contributed by atoms with Crippen molar-refractivity contribution in [3.63, 3.8) is 0 Å². The van der Waals surface area contributed by atoms with Crippen LogP contribution in [0.25, 0.3) is 0 Å². The fourth-order valence-electron chi connectivity index (χ4n) is 4.00. The van der Waals surface area contributed by atoms with Gasteiger partial charge in [0.05, 0.1) is 29.2 Å². The molecular weight excluding hydrogens is 442 g/mol. The minimum atomic E-state index is -1.95. The molecule has 6 nitrogen and oxygen atoms in total. The van der Waals surface area contributed by atoms with E-state index in [1.807, 2.05) is 37.3 Å². The van der Waals surface area contributed by atoms with Crippen LogP contribution in [-0.2, 0) is 14.3 Å². The molecule has 0 radical (unpaired) electrons. The van der Waals surface area contributed by atoms with Crippen molar-refractivity contribution in [3.8, 4) is 0 Å². The van der Waals surface area contributed by atoms with Gasteiger partial charge in [0.25, 0.3) is 5.91 Å². The third-order valence-electron chi connectivity index (χ3n) is 5.21. The molecule has 1 fully saturated rings. The van der Waals surface area contributed by atoms with Crippen LogP contribution < -0.4 is 11.1 Å². The van der Waals surface area contributed by atoms with Gasteiger partial charge in [0.1, 0.15) is 0 Å². The number of ether oxygens (including phenoxy) is 1. The van der Waals surface area contributed by atoms with Gasteiger partial charge in [0.2, 0.25) is 0 Å². The first kappa shape index (κ1) is 22.6. The molecule has 1 atom stereocenters. The van der Waals surface area contributed by atoms with Crippen LogP contribution in [0, 0.1) is 5.92 Å². The highest BCUT2D eigenvalue weighted by molar-refractivity contribution is 8.93. The van der Waals surface area contributed by atoms with Gasteiger partial charge in [-0.15, -0.1) is 27.0 Å². The number of nitrogens with one attached hydrogen (secondary N) is 1. The summed E-state index contributed by atoms with van der Waals surface area (Å²) in [7, 11) is -0.560. The summed E-state index contributed by atoms with van der Waals surface area (Å²) in [4.78, 5) is 31.0. The van der Waals surface area contributed by atoms with Crippen LogP contribution in [-0.4, -0.2) is 42.9 Å².